The number of nitrogens with zero attached hydrogens (tertiary/aromatic N) is 1. The summed E-state index contributed by atoms with van der Waals surface area (Å²) >= 11 is 0. The van der Waals surface area contributed by atoms with Crippen LogP contribution in [0.2, 0.25) is 0 Å². The molecule has 80 valence electrons. The third kappa shape index (κ3) is 35.0. The molecule has 0 fully saturated rings. The maximum Gasteiger partial charge on any atom is 0.503 e. The summed E-state index contributed by atoms with van der Waals surface area (Å²) in [5.41, 5.74) is 0. The Kier molecular flexibility index (Phi) is 8.91. The fourth-order valence-corrected chi connectivity index (χ4v) is 0.836. The summed E-state index contributed by atoms with van der Waals surface area (Å²) in [5, 5.41) is 13.9. The second-order valence-corrected chi connectivity index (χ2v) is 4.00. The Labute approximate surface area is 80.4 Å². The van der Waals surface area contributed by atoms with Crippen LogP contribution in [0.15, 0.2) is 0 Å². The summed E-state index contributed by atoms with van der Waals surface area (Å²) in [5.74, 6) is 0. The van der Waals surface area contributed by atoms with Gasteiger partial charge in [-0.05, 0) is 12.8 Å². The zero-order chi connectivity index (χ0) is 10.9. The summed E-state index contributed by atoms with van der Waals surface area (Å²) in [6.07, 6.45) is 2.26. The van der Waals surface area contributed by atoms with E-state index in [-0.39, 0.29) is 0 Å². The highest BCUT2D eigenvalue weighted by atomic mass is 16.6. The van der Waals surface area contributed by atoms with E-state index in [0.29, 0.717) is 0 Å². The minimum absolute atomic E-state index is 1.11. The first-order chi connectivity index (χ1) is 5.79. The second kappa shape index (κ2) is 7.86. The largest absolute Gasteiger partial charge is 0.503 e. The van der Waals surface area contributed by atoms with Gasteiger partial charge in [0.2, 0.25) is 0 Å². The van der Waals surface area contributed by atoms with E-state index >= 15 is 0 Å². The van der Waals surface area contributed by atoms with E-state index in [4.69, 9.17) is 15.0 Å². The molecule has 0 bridgehead atoms. The van der Waals surface area contributed by atoms with Gasteiger partial charge in [0.1, 0.15) is 0 Å². The molecule has 0 saturated heterocycles. The van der Waals surface area contributed by atoms with Crippen LogP contribution >= 0.6 is 0 Å². The first kappa shape index (κ1) is 14.7. The van der Waals surface area contributed by atoms with E-state index in [1.54, 1.807) is 0 Å². The molecule has 0 aliphatic rings. The van der Waals surface area contributed by atoms with Crippen LogP contribution in [0, 0.1) is 0 Å². The van der Waals surface area contributed by atoms with E-state index in [1.807, 2.05) is 0 Å². The molecule has 4 nitrogen and oxygen atoms in total. The average molecular weight is 192 g/mol. The van der Waals surface area contributed by atoms with Crippen LogP contribution in [0.4, 0.5) is 4.79 Å². The molecule has 0 aliphatic carbocycles. The molecule has 0 rings (SSSR count). The summed E-state index contributed by atoms with van der Waals surface area (Å²) in [6.45, 7) is 3.56. The molecular formula is C9H22NO3+. The molecule has 0 heterocycles. The van der Waals surface area contributed by atoms with Crippen molar-refractivity contribution in [3.05, 3.63) is 0 Å². The first-order valence-electron chi connectivity index (χ1n) is 4.52. The van der Waals surface area contributed by atoms with Crippen LogP contribution in [0.1, 0.15) is 26.2 Å². The van der Waals surface area contributed by atoms with Crippen LogP contribution in [-0.4, -0.2) is 48.5 Å². The van der Waals surface area contributed by atoms with Gasteiger partial charge in [0, 0.05) is 0 Å². The third-order valence-electron chi connectivity index (χ3n) is 1.43. The maximum atomic E-state index is 8.56. The quantitative estimate of drug-likeness (QED) is 0.529. The first-order valence-corrected chi connectivity index (χ1v) is 4.52. The molecule has 13 heavy (non-hydrogen) atoms. The van der Waals surface area contributed by atoms with Crippen molar-refractivity contribution in [3.8, 4) is 0 Å². The number of unbranched alkanes of at least 4 members (excludes halogenated alkanes) is 2. The smallest absolute Gasteiger partial charge is 0.450 e. The highest BCUT2D eigenvalue weighted by molar-refractivity contribution is 5.53. The predicted octanol–water partition coefficient (Wildman–Crippen LogP) is 2.11. The molecule has 0 spiro atoms. The van der Waals surface area contributed by atoms with Crippen molar-refractivity contribution in [2.45, 2.75) is 26.2 Å². The molecule has 0 aromatic carbocycles. The van der Waals surface area contributed by atoms with Crippen LogP contribution in [0.3, 0.4) is 0 Å². The molecule has 0 saturated carbocycles. The highest BCUT2D eigenvalue weighted by Gasteiger charge is 2.03. The zero-order valence-electron chi connectivity index (χ0n) is 9.08. The van der Waals surface area contributed by atoms with Gasteiger partial charge in [-0.1, -0.05) is 13.3 Å². The van der Waals surface area contributed by atoms with Gasteiger partial charge in [-0.3, -0.25) is 0 Å². The minimum atomic E-state index is -1.83. The molecule has 0 aromatic rings. The Balaban J connectivity index is 0. The van der Waals surface area contributed by atoms with Crippen LogP contribution < -0.4 is 0 Å². The summed E-state index contributed by atoms with van der Waals surface area (Å²) in [6, 6.07) is 0. The number of hydrogen-bond acceptors (Lipinski definition) is 1. The van der Waals surface area contributed by atoms with Gasteiger partial charge in [-0.2, -0.15) is 0 Å². The van der Waals surface area contributed by atoms with Crippen molar-refractivity contribution in [2.75, 3.05) is 27.7 Å². The van der Waals surface area contributed by atoms with Crippen LogP contribution in [0.5, 0.6) is 0 Å². The van der Waals surface area contributed by atoms with E-state index < -0.39 is 6.16 Å². The summed E-state index contributed by atoms with van der Waals surface area (Å²) in [7, 11) is 6.74. The van der Waals surface area contributed by atoms with Gasteiger partial charge in [0.25, 0.3) is 0 Å². The maximum absolute atomic E-state index is 8.56. The van der Waals surface area contributed by atoms with Crippen molar-refractivity contribution < 1.29 is 19.5 Å². The molecule has 0 aromatic heterocycles. The van der Waals surface area contributed by atoms with Gasteiger partial charge in [-0.25, -0.2) is 4.79 Å². The molecule has 0 radical (unpaired) electrons. The van der Waals surface area contributed by atoms with Crippen LogP contribution in [0.25, 0.3) is 0 Å². The number of quaternary nitrogens is 1. The zero-order valence-corrected chi connectivity index (χ0v) is 9.08. The van der Waals surface area contributed by atoms with E-state index in [9.17, 15) is 0 Å². The highest BCUT2D eigenvalue weighted by Crippen LogP contribution is 1.98. The fraction of sp³-hybridized carbons (Fsp3) is 0.889. The standard InChI is InChI=1S/C8H20N.CH2O3/c1-5-6-7-8-9(2,3)4;2-1(3)4/h5-8H2,1-4H3;(H2,2,3,4)/q+1;. The van der Waals surface area contributed by atoms with Crippen molar-refractivity contribution in [2.24, 2.45) is 0 Å². The fourth-order valence-electron chi connectivity index (χ4n) is 0.836. The van der Waals surface area contributed by atoms with Gasteiger partial charge < -0.3 is 14.7 Å². The minimum Gasteiger partial charge on any atom is -0.450 e. The lowest BCUT2D eigenvalue weighted by Gasteiger charge is -2.23. The SMILES string of the molecule is CCCCC[N+](C)(C)C.O=C(O)O. The van der Waals surface area contributed by atoms with Gasteiger partial charge >= 0.3 is 6.16 Å². The number of rotatable bonds is 4. The van der Waals surface area contributed by atoms with Crippen molar-refractivity contribution >= 4 is 6.16 Å². The van der Waals surface area contributed by atoms with E-state index in [0.717, 1.165) is 4.48 Å². The monoisotopic (exact) mass is 192 g/mol. The summed E-state index contributed by atoms with van der Waals surface area (Å²) in [4.78, 5) is 8.56. The molecule has 0 amide bonds. The molecular weight excluding hydrogens is 170 g/mol. The number of carbonyl (C=O) groups is 1. The lowest BCUT2D eigenvalue weighted by atomic mass is 10.2. The van der Waals surface area contributed by atoms with Gasteiger partial charge in [0.15, 0.2) is 0 Å². The topological polar surface area (TPSA) is 57.5 Å². The molecule has 4 heteroatoms. The predicted molar refractivity (Wildman–Crippen MR) is 53.1 cm³/mol. The van der Waals surface area contributed by atoms with Gasteiger partial charge in [0.05, 0.1) is 27.7 Å². The van der Waals surface area contributed by atoms with Crippen molar-refractivity contribution in [3.63, 3.8) is 0 Å². The van der Waals surface area contributed by atoms with E-state index in [1.165, 1.54) is 25.8 Å². The summed E-state index contributed by atoms with van der Waals surface area (Å²) < 4.78 is 1.11. The lowest BCUT2D eigenvalue weighted by Crippen LogP contribution is -2.35. The molecule has 2 N–H and O–H groups in total. The lowest BCUT2D eigenvalue weighted by molar-refractivity contribution is -0.870. The van der Waals surface area contributed by atoms with E-state index in [2.05, 4.69) is 28.1 Å². The normalized spacial score (nSPS) is 10.2. The molecule has 0 aliphatic heterocycles. The Hall–Kier alpha value is -0.770. The van der Waals surface area contributed by atoms with Crippen LogP contribution in [-0.2, 0) is 0 Å². The average Bonchev–Trinajstić information content (AvgIpc) is 1.83. The Morgan fingerprint density at radius 3 is 1.77 bits per heavy atom. The van der Waals surface area contributed by atoms with Gasteiger partial charge in [-0.15, -0.1) is 0 Å². The second-order valence-electron chi connectivity index (χ2n) is 4.00. The third-order valence-corrected chi connectivity index (χ3v) is 1.43. The number of carboxylic acid groups (broad SMARTS) is 2. The Bertz CT molecular complexity index is 125. The Morgan fingerprint density at radius 2 is 1.54 bits per heavy atom. The molecule has 0 unspecified atom stereocenters. The van der Waals surface area contributed by atoms with Crippen molar-refractivity contribution in [1.82, 2.24) is 0 Å². The Morgan fingerprint density at radius 1 is 1.15 bits per heavy atom. The number of hydrogen-bond donors (Lipinski definition) is 2. The van der Waals surface area contributed by atoms with Crippen molar-refractivity contribution in [1.29, 1.82) is 0 Å². The molecule has 0 atom stereocenters.